The minimum absolute atomic E-state index is 0.110. The Morgan fingerprint density at radius 1 is 1.00 bits per heavy atom. The van der Waals surface area contributed by atoms with Crippen molar-refractivity contribution >= 4 is 46.0 Å². The Labute approximate surface area is 184 Å². The number of anilines is 2. The molecule has 0 bridgehead atoms. The van der Waals surface area contributed by atoms with Crippen molar-refractivity contribution in [2.24, 2.45) is 0 Å². The third-order valence-electron chi connectivity index (χ3n) is 4.73. The molecular weight excluding hydrogens is 408 g/mol. The summed E-state index contributed by atoms with van der Waals surface area (Å²) in [6, 6.07) is 24.3. The summed E-state index contributed by atoms with van der Waals surface area (Å²) in [5.74, 6) is -0.0600. The van der Waals surface area contributed by atoms with E-state index in [1.807, 2.05) is 61.5 Å². The van der Waals surface area contributed by atoms with Gasteiger partial charge in [-0.05, 0) is 49.4 Å². The summed E-state index contributed by atoms with van der Waals surface area (Å²) in [7, 11) is 0. The van der Waals surface area contributed by atoms with Gasteiger partial charge in [0, 0.05) is 23.5 Å². The normalized spacial score (nSPS) is 10.7. The third kappa shape index (κ3) is 4.95. The standard InChI is InChI=1S/C24H22N4O2S/c1-2-28(19-11-4-3-5-12-19)23(30)17-9-8-10-18(15-17)25-22(29)16-31-24-26-20-13-6-7-14-21(20)27-24/h3-15H,2,16H2,1H3,(H,25,29)(H,26,27). The molecule has 156 valence electrons. The van der Waals surface area contributed by atoms with Crippen LogP contribution < -0.4 is 10.2 Å². The van der Waals surface area contributed by atoms with E-state index in [4.69, 9.17) is 0 Å². The van der Waals surface area contributed by atoms with E-state index in [1.165, 1.54) is 11.8 Å². The van der Waals surface area contributed by atoms with E-state index < -0.39 is 0 Å². The highest BCUT2D eigenvalue weighted by Gasteiger charge is 2.16. The lowest BCUT2D eigenvalue weighted by Crippen LogP contribution is -2.30. The van der Waals surface area contributed by atoms with Gasteiger partial charge in [-0.3, -0.25) is 9.59 Å². The van der Waals surface area contributed by atoms with E-state index in [0.29, 0.717) is 23.0 Å². The Morgan fingerprint density at radius 3 is 2.55 bits per heavy atom. The van der Waals surface area contributed by atoms with E-state index >= 15 is 0 Å². The fourth-order valence-electron chi connectivity index (χ4n) is 3.27. The van der Waals surface area contributed by atoms with Crippen LogP contribution in [0.4, 0.5) is 11.4 Å². The molecule has 4 rings (SSSR count). The molecule has 2 N–H and O–H groups in total. The molecule has 0 aliphatic heterocycles. The molecule has 0 atom stereocenters. The van der Waals surface area contributed by atoms with Gasteiger partial charge in [0.15, 0.2) is 5.16 Å². The van der Waals surface area contributed by atoms with Gasteiger partial charge in [0.2, 0.25) is 5.91 Å². The number of aromatic nitrogens is 2. The molecule has 0 saturated heterocycles. The van der Waals surface area contributed by atoms with E-state index in [-0.39, 0.29) is 17.6 Å². The van der Waals surface area contributed by atoms with Crippen LogP contribution in [0.3, 0.4) is 0 Å². The van der Waals surface area contributed by atoms with Gasteiger partial charge in [-0.1, -0.05) is 48.2 Å². The lowest BCUT2D eigenvalue weighted by atomic mass is 10.1. The zero-order chi connectivity index (χ0) is 21.6. The third-order valence-corrected chi connectivity index (χ3v) is 5.60. The molecule has 4 aromatic rings. The quantitative estimate of drug-likeness (QED) is 0.406. The largest absolute Gasteiger partial charge is 0.333 e. The zero-order valence-corrected chi connectivity index (χ0v) is 17.9. The number of H-pyrrole nitrogens is 1. The van der Waals surface area contributed by atoms with E-state index in [9.17, 15) is 9.59 Å². The lowest BCUT2D eigenvalue weighted by molar-refractivity contribution is -0.113. The predicted molar refractivity (Wildman–Crippen MR) is 126 cm³/mol. The molecule has 0 unspecified atom stereocenters. The number of amides is 2. The molecule has 0 radical (unpaired) electrons. The van der Waals surface area contributed by atoms with E-state index in [1.54, 1.807) is 29.2 Å². The Morgan fingerprint density at radius 2 is 1.77 bits per heavy atom. The number of fused-ring (bicyclic) bond motifs is 1. The number of carbonyl (C=O) groups excluding carboxylic acids is 2. The van der Waals surface area contributed by atoms with Gasteiger partial charge in [0.1, 0.15) is 0 Å². The summed E-state index contributed by atoms with van der Waals surface area (Å²) in [5, 5.41) is 3.56. The number of nitrogens with zero attached hydrogens (tertiary/aromatic N) is 2. The van der Waals surface area contributed by atoms with Gasteiger partial charge in [-0.2, -0.15) is 0 Å². The Bertz CT molecular complexity index is 1170. The maximum atomic E-state index is 13.0. The van der Waals surface area contributed by atoms with Crippen LogP contribution in [-0.4, -0.2) is 34.1 Å². The number of nitrogens with one attached hydrogen (secondary N) is 2. The number of imidazole rings is 1. The molecule has 0 saturated carbocycles. The van der Waals surface area contributed by atoms with Crippen molar-refractivity contribution in [1.82, 2.24) is 9.97 Å². The van der Waals surface area contributed by atoms with Gasteiger partial charge in [-0.25, -0.2) is 4.98 Å². The number of rotatable bonds is 7. The molecule has 1 heterocycles. The minimum Gasteiger partial charge on any atom is -0.333 e. The summed E-state index contributed by atoms with van der Waals surface area (Å²) in [6.07, 6.45) is 0. The van der Waals surface area contributed by atoms with Gasteiger partial charge < -0.3 is 15.2 Å². The van der Waals surface area contributed by atoms with Crippen LogP contribution in [0.1, 0.15) is 17.3 Å². The number of hydrogen-bond donors (Lipinski definition) is 2. The van der Waals surface area contributed by atoms with Crippen molar-refractivity contribution in [3.8, 4) is 0 Å². The van der Waals surface area contributed by atoms with Crippen molar-refractivity contribution in [1.29, 1.82) is 0 Å². The maximum absolute atomic E-state index is 13.0. The molecular formula is C24H22N4O2S. The summed E-state index contributed by atoms with van der Waals surface area (Å²) < 4.78 is 0. The van der Waals surface area contributed by atoms with Crippen molar-refractivity contribution in [2.45, 2.75) is 12.1 Å². The van der Waals surface area contributed by atoms with E-state index in [2.05, 4.69) is 15.3 Å². The van der Waals surface area contributed by atoms with Gasteiger partial charge >= 0.3 is 0 Å². The van der Waals surface area contributed by atoms with Crippen LogP contribution in [0.25, 0.3) is 11.0 Å². The van der Waals surface area contributed by atoms with Crippen LogP contribution in [0.15, 0.2) is 84.0 Å². The van der Waals surface area contributed by atoms with Crippen LogP contribution in [0, 0.1) is 0 Å². The van der Waals surface area contributed by atoms with Crippen molar-refractivity contribution in [3.63, 3.8) is 0 Å². The number of para-hydroxylation sites is 3. The molecule has 0 aliphatic carbocycles. The second-order valence-corrected chi connectivity index (χ2v) is 7.83. The van der Waals surface area contributed by atoms with Crippen molar-refractivity contribution in [2.75, 3.05) is 22.5 Å². The average molecular weight is 431 g/mol. The smallest absolute Gasteiger partial charge is 0.258 e. The second kappa shape index (κ2) is 9.49. The first kappa shape index (κ1) is 20.7. The number of benzene rings is 3. The van der Waals surface area contributed by atoms with E-state index in [0.717, 1.165) is 16.7 Å². The summed E-state index contributed by atoms with van der Waals surface area (Å²) in [4.78, 5) is 34.8. The monoisotopic (exact) mass is 430 g/mol. The zero-order valence-electron chi connectivity index (χ0n) is 17.0. The molecule has 7 heteroatoms. The second-order valence-electron chi connectivity index (χ2n) is 6.86. The average Bonchev–Trinajstić information content (AvgIpc) is 3.22. The molecule has 2 amide bonds. The van der Waals surface area contributed by atoms with Gasteiger partial charge in [0.05, 0.1) is 16.8 Å². The van der Waals surface area contributed by atoms with Crippen LogP contribution in [-0.2, 0) is 4.79 Å². The number of aromatic amines is 1. The summed E-state index contributed by atoms with van der Waals surface area (Å²) in [5.41, 5.74) is 3.76. The number of thioether (sulfide) groups is 1. The molecule has 6 nitrogen and oxygen atoms in total. The molecule has 31 heavy (non-hydrogen) atoms. The Kier molecular flexibility index (Phi) is 6.33. The highest BCUT2D eigenvalue weighted by molar-refractivity contribution is 7.99. The topological polar surface area (TPSA) is 78.1 Å². The number of carbonyl (C=O) groups is 2. The molecule has 0 aliphatic rings. The SMILES string of the molecule is CCN(C(=O)c1cccc(NC(=O)CSc2nc3ccccc3[nH]2)c1)c1ccccc1. The fourth-order valence-corrected chi connectivity index (χ4v) is 3.95. The predicted octanol–water partition coefficient (Wildman–Crippen LogP) is 4.96. The number of hydrogen-bond acceptors (Lipinski definition) is 4. The van der Waals surface area contributed by atoms with Gasteiger partial charge in [0.25, 0.3) is 5.91 Å². The highest BCUT2D eigenvalue weighted by atomic mass is 32.2. The minimum atomic E-state index is -0.162. The van der Waals surface area contributed by atoms with Crippen LogP contribution in [0.5, 0.6) is 0 Å². The lowest BCUT2D eigenvalue weighted by Gasteiger charge is -2.21. The first-order chi connectivity index (χ1) is 15.1. The molecule has 1 aromatic heterocycles. The van der Waals surface area contributed by atoms with Crippen molar-refractivity contribution in [3.05, 3.63) is 84.4 Å². The van der Waals surface area contributed by atoms with Crippen molar-refractivity contribution < 1.29 is 9.59 Å². The highest BCUT2D eigenvalue weighted by Crippen LogP contribution is 2.21. The first-order valence-electron chi connectivity index (χ1n) is 9.98. The Hall–Kier alpha value is -3.58. The molecule has 3 aromatic carbocycles. The Balaban J connectivity index is 1.40. The first-order valence-corrected chi connectivity index (χ1v) is 11.0. The molecule has 0 fully saturated rings. The fraction of sp³-hybridized carbons (Fsp3) is 0.125. The van der Waals surface area contributed by atoms with Crippen LogP contribution in [0.2, 0.25) is 0 Å². The maximum Gasteiger partial charge on any atom is 0.258 e. The van der Waals surface area contributed by atoms with Crippen LogP contribution >= 0.6 is 11.8 Å². The summed E-state index contributed by atoms with van der Waals surface area (Å²) >= 11 is 1.34. The van der Waals surface area contributed by atoms with Gasteiger partial charge in [-0.15, -0.1) is 0 Å². The summed E-state index contributed by atoms with van der Waals surface area (Å²) in [6.45, 7) is 2.49. The molecule has 0 spiro atoms.